The minimum Gasteiger partial charge on any atom is -0.481 e. The zero-order valence-electron chi connectivity index (χ0n) is 10.1. The number of unbranched alkanes of at least 4 members (excludes halogenated alkanes) is 1. The molecule has 1 aliphatic rings. The lowest BCUT2D eigenvalue weighted by Crippen LogP contribution is -2.42. The summed E-state index contributed by atoms with van der Waals surface area (Å²) in [4.78, 5) is 23.8. The summed E-state index contributed by atoms with van der Waals surface area (Å²) in [5.41, 5.74) is 0. The van der Waals surface area contributed by atoms with Crippen LogP contribution < -0.4 is 10.6 Å². The number of carboxylic acids is 1. The molecule has 1 heterocycles. The Morgan fingerprint density at radius 3 is 2.82 bits per heavy atom. The molecule has 6 nitrogen and oxygen atoms in total. The van der Waals surface area contributed by atoms with E-state index in [1.165, 1.54) is 0 Å². The maximum atomic E-state index is 11.7. The van der Waals surface area contributed by atoms with Gasteiger partial charge in [0.05, 0.1) is 0 Å². The standard InChI is InChI=1S/C11H21N3O3/c15-10(16)4-1-2-6-13-11(17)14-8-3-5-12-7-9-14/h12H,1-9H2,(H,13,17)(H,15,16). The van der Waals surface area contributed by atoms with E-state index in [-0.39, 0.29) is 12.5 Å². The molecular weight excluding hydrogens is 222 g/mol. The highest BCUT2D eigenvalue weighted by atomic mass is 16.4. The number of aliphatic carboxylic acids is 1. The Hall–Kier alpha value is -1.30. The summed E-state index contributed by atoms with van der Waals surface area (Å²) in [6.45, 7) is 3.87. The van der Waals surface area contributed by atoms with Gasteiger partial charge in [-0.2, -0.15) is 0 Å². The Kier molecular flexibility index (Phi) is 6.39. The summed E-state index contributed by atoms with van der Waals surface area (Å²) < 4.78 is 0. The van der Waals surface area contributed by atoms with Crippen molar-refractivity contribution in [2.75, 3.05) is 32.7 Å². The Morgan fingerprint density at radius 2 is 2.06 bits per heavy atom. The molecule has 1 aliphatic heterocycles. The molecule has 0 aromatic heterocycles. The van der Waals surface area contributed by atoms with Crippen molar-refractivity contribution in [1.82, 2.24) is 15.5 Å². The number of carboxylic acid groups (broad SMARTS) is 1. The molecular formula is C11H21N3O3. The van der Waals surface area contributed by atoms with Crippen LogP contribution in [0, 0.1) is 0 Å². The molecule has 6 heteroatoms. The van der Waals surface area contributed by atoms with Crippen LogP contribution in [0.5, 0.6) is 0 Å². The van der Waals surface area contributed by atoms with Gasteiger partial charge in [-0.25, -0.2) is 4.79 Å². The number of amides is 2. The fraction of sp³-hybridized carbons (Fsp3) is 0.818. The van der Waals surface area contributed by atoms with E-state index in [2.05, 4.69) is 10.6 Å². The minimum absolute atomic E-state index is 0.0379. The zero-order valence-corrected chi connectivity index (χ0v) is 10.1. The van der Waals surface area contributed by atoms with Crippen molar-refractivity contribution in [2.45, 2.75) is 25.7 Å². The third-order valence-electron chi connectivity index (χ3n) is 2.72. The van der Waals surface area contributed by atoms with Crippen molar-refractivity contribution in [3.63, 3.8) is 0 Å². The molecule has 1 rings (SSSR count). The van der Waals surface area contributed by atoms with Crippen molar-refractivity contribution in [1.29, 1.82) is 0 Å². The van der Waals surface area contributed by atoms with Gasteiger partial charge in [0.25, 0.3) is 0 Å². The summed E-state index contributed by atoms with van der Waals surface area (Å²) in [5.74, 6) is -0.782. The highest BCUT2D eigenvalue weighted by Crippen LogP contribution is 1.97. The number of hydrogen-bond donors (Lipinski definition) is 3. The molecule has 1 fully saturated rings. The Morgan fingerprint density at radius 1 is 1.24 bits per heavy atom. The fourth-order valence-electron chi connectivity index (χ4n) is 1.76. The molecule has 3 N–H and O–H groups in total. The predicted octanol–water partition coefficient (Wildman–Crippen LogP) is 0.246. The molecule has 0 spiro atoms. The number of hydrogen-bond acceptors (Lipinski definition) is 3. The lowest BCUT2D eigenvalue weighted by atomic mass is 10.2. The highest BCUT2D eigenvalue weighted by Gasteiger charge is 2.13. The van der Waals surface area contributed by atoms with Gasteiger partial charge in [0.15, 0.2) is 0 Å². The van der Waals surface area contributed by atoms with Crippen LogP contribution in [0.15, 0.2) is 0 Å². The molecule has 0 unspecified atom stereocenters. The second-order valence-electron chi connectivity index (χ2n) is 4.17. The van der Waals surface area contributed by atoms with E-state index in [0.29, 0.717) is 19.4 Å². The number of urea groups is 1. The summed E-state index contributed by atoms with van der Waals surface area (Å²) in [7, 11) is 0. The fourth-order valence-corrected chi connectivity index (χ4v) is 1.76. The van der Waals surface area contributed by atoms with Gasteiger partial charge in [-0.15, -0.1) is 0 Å². The predicted molar refractivity (Wildman–Crippen MR) is 63.9 cm³/mol. The lowest BCUT2D eigenvalue weighted by molar-refractivity contribution is -0.137. The highest BCUT2D eigenvalue weighted by molar-refractivity contribution is 5.74. The first-order chi connectivity index (χ1) is 8.20. The monoisotopic (exact) mass is 243 g/mol. The van der Waals surface area contributed by atoms with E-state index in [9.17, 15) is 9.59 Å². The van der Waals surface area contributed by atoms with Gasteiger partial charge in [0.1, 0.15) is 0 Å². The summed E-state index contributed by atoms with van der Waals surface area (Å²) in [6, 6.07) is -0.0379. The second-order valence-corrected chi connectivity index (χ2v) is 4.17. The first kappa shape index (κ1) is 13.8. The topological polar surface area (TPSA) is 81.7 Å². The summed E-state index contributed by atoms with van der Waals surface area (Å²) in [6.07, 6.45) is 2.47. The molecule has 98 valence electrons. The molecule has 0 aromatic rings. The van der Waals surface area contributed by atoms with Crippen LogP contribution in [0.4, 0.5) is 4.79 Å². The van der Waals surface area contributed by atoms with E-state index in [1.54, 1.807) is 4.90 Å². The molecule has 2 amide bonds. The molecule has 0 atom stereocenters. The van der Waals surface area contributed by atoms with Gasteiger partial charge in [0.2, 0.25) is 0 Å². The SMILES string of the molecule is O=C(O)CCCCNC(=O)N1CCCNCC1. The van der Waals surface area contributed by atoms with E-state index in [0.717, 1.165) is 32.6 Å². The van der Waals surface area contributed by atoms with Crippen molar-refractivity contribution in [3.05, 3.63) is 0 Å². The molecule has 0 aromatic carbocycles. The van der Waals surface area contributed by atoms with Crippen LogP contribution in [0.3, 0.4) is 0 Å². The van der Waals surface area contributed by atoms with Gasteiger partial charge >= 0.3 is 12.0 Å². The number of carbonyl (C=O) groups is 2. The van der Waals surface area contributed by atoms with E-state index in [1.807, 2.05) is 0 Å². The van der Waals surface area contributed by atoms with Gasteiger partial charge in [-0.1, -0.05) is 0 Å². The average molecular weight is 243 g/mol. The molecule has 1 saturated heterocycles. The average Bonchev–Trinajstić information content (AvgIpc) is 2.56. The second kappa shape index (κ2) is 7.89. The molecule has 17 heavy (non-hydrogen) atoms. The normalized spacial score (nSPS) is 16.4. The number of rotatable bonds is 5. The van der Waals surface area contributed by atoms with Crippen molar-refractivity contribution in [3.8, 4) is 0 Å². The van der Waals surface area contributed by atoms with Crippen molar-refractivity contribution >= 4 is 12.0 Å². The molecule has 0 saturated carbocycles. The van der Waals surface area contributed by atoms with Crippen LogP contribution in [0.25, 0.3) is 0 Å². The largest absolute Gasteiger partial charge is 0.481 e. The third-order valence-corrected chi connectivity index (χ3v) is 2.72. The van der Waals surface area contributed by atoms with Crippen molar-refractivity contribution in [2.24, 2.45) is 0 Å². The smallest absolute Gasteiger partial charge is 0.317 e. The van der Waals surface area contributed by atoms with Crippen LogP contribution in [-0.2, 0) is 4.79 Å². The Balaban J connectivity index is 2.09. The van der Waals surface area contributed by atoms with E-state index in [4.69, 9.17) is 5.11 Å². The van der Waals surface area contributed by atoms with Crippen molar-refractivity contribution < 1.29 is 14.7 Å². The number of nitrogens with one attached hydrogen (secondary N) is 2. The lowest BCUT2D eigenvalue weighted by Gasteiger charge is -2.20. The quantitative estimate of drug-likeness (QED) is 0.604. The van der Waals surface area contributed by atoms with E-state index >= 15 is 0 Å². The van der Waals surface area contributed by atoms with Crippen LogP contribution >= 0.6 is 0 Å². The van der Waals surface area contributed by atoms with Gasteiger partial charge in [-0.3, -0.25) is 4.79 Å². The van der Waals surface area contributed by atoms with Gasteiger partial charge < -0.3 is 20.6 Å². The third kappa shape index (κ3) is 6.11. The zero-order chi connectivity index (χ0) is 12.5. The van der Waals surface area contributed by atoms with Crippen LogP contribution in [-0.4, -0.2) is 54.7 Å². The Bertz CT molecular complexity index is 250. The number of nitrogens with zero attached hydrogens (tertiary/aromatic N) is 1. The summed E-state index contributed by atoms with van der Waals surface area (Å²) in [5, 5.41) is 14.5. The molecule has 0 bridgehead atoms. The Labute approximate surface area is 101 Å². The van der Waals surface area contributed by atoms with Gasteiger partial charge in [-0.05, 0) is 25.8 Å². The number of carbonyl (C=O) groups excluding carboxylic acids is 1. The maximum absolute atomic E-state index is 11.7. The maximum Gasteiger partial charge on any atom is 0.317 e. The summed E-state index contributed by atoms with van der Waals surface area (Å²) >= 11 is 0. The molecule has 0 radical (unpaired) electrons. The first-order valence-corrected chi connectivity index (χ1v) is 6.15. The minimum atomic E-state index is -0.782. The molecule has 0 aliphatic carbocycles. The van der Waals surface area contributed by atoms with Gasteiger partial charge in [0, 0.05) is 32.6 Å². The first-order valence-electron chi connectivity index (χ1n) is 6.15. The van der Waals surface area contributed by atoms with Crippen LogP contribution in [0.1, 0.15) is 25.7 Å². The van der Waals surface area contributed by atoms with E-state index < -0.39 is 5.97 Å². The van der Waals surface area contributed by atoms with Crippen LogP contribution in [0.2, 0.25) is 0 Å².